The number of rotatable bonds is 0. The number of halogens is 1. The molecular weight excluding hydrogens is 336 g/mol. The second kappa shape index (κ2) is 5.09. The molecule has 1 aliphatic heterocycles. The molecule has 0 amide bonds. The van der Waals surface area contributed by atoms with E-state index in [0.717, 1.165) is 19.3 Å². The maximum atomic E-state index is 10.0. The quantitative estimate of drug-likeness (QED) is 0.564. The normalized spacial score (nSPS) is 35.7. The summed E-state index contributed by atoms with van der Waals surface area (Å²) in [5.74, 6) is 0.667. The van der Waals surface area contributed by atoms with Crippen molar-refractivity contribution < 1.29 is 14.9 Å². The van der Waals surface area contributed by atoms with Crippen molar-refractivity contribution in [1.82, 2.24) is 0 Å². The molecule has 2 fully saturated rings. The maximum Gasteiger partial charge on any atom is 0.177 e. The molecule has 3 nitrogen and oxygen atoms in total. The first-order valence-electron chi connectivity index (χ1n) is 9.25. The number of hydrogen-bond donors (Lipinski definition) is 2. The van der Waals surface area contributed by atoms with E-state index < -0.39 is 0 Å². The van der Waals surface area contributed by atoms with Crippen LogP contribution in [0.4, 0.5) is 0 Å². The number of phenolic OH excluding ortho intramolecular Hbond substituents is 2. The Morgan fingerprint density at radius 3 is 2.56 bits per heavy atom. The largest absolute Gasteiger partial charge is 0.504 e. The minimum atomic E-state index is -0.377. The topological polar surface area (TPSA) is 49.7 Å². The standard InChI is InChI=1S/C21H27ClO3/c1-19(2)7-5-8-20(3)15(19)6-9-21(4)16(20)10-12-14(25-21)11-13(23)18(24)17(12)22/h10-11,15,23-24H,5-9H2,1-4H3/t15-,20-,21+/m0/s1. The zero-order chi connectivity index (χ0) is 18.2. The first-order chi connectivity index (χ1) is 11.6. The van der Waals surface area contributed by atoms with E-state index in [1.165, 1.54) is 24.5 Å². The van der Waals surface area contributed by atoms with Crippen LogP contribution < -0.4 is 4.74 Å². The molecular formula is C21H27ClO3. The number of benzene rings is 1. The van der Waals surface area contributed by atoms with Gasteiger partial charge in [0.2, 0.25) is 0 Å². The lowest BCUT2D eigenvalue weighted by Gasteiger charge is -2.60. The Hall–Kier alpha value is -1.35. The van der Waals surface area contributed by atoms with Gasteiger partial charge in [0.1, 0.15) is 11.4 Å². The van der Waals surface area contributed by atoms with Crippen molar-refractivity contribution in [2.75, 3.05) is 0 Å². The van der Waals surface area contributed by atoms with Crippen LogP contribution in [-0.4, -0.2) is 15.8 Å². The molecule has 2 saturated carbocycles. The van der Waals surface area contributed by atoms with Crippen LogP contribution in [0.1, 0.15) is 65.4 Å². The third-order valence-electron chi connectivity index (χ3n) is 7.17. The fourth-order valence-corrected chi connectivity index (χ4v) is 6.20. The molecule has 0 unspecified atom stereocenters. The predicted molar refractivity (Wildman–Crippen MR) is 100 cm³/mol. The lowest BCUT2D eigenvalue weighted by Crippen LogP contribution is -2.55. The molecule has 4 rings (SSSR count). The van der Waals surface area contributed by atoms with Gasteiger partial charge in [-0.15, -0.1) is 0 Å². The third kappa shape index (κ3) is 2.24. The third-order valence-corrected chi connectivity index (χ3v) is 7.55. The van der Waals surface area contributed by atoms with Crippen LogP contribution >= 0.6 is 11.6 Å². The highest BCUT2D eigenvalue weighted by molar-refractivity contribution is 6.34. The summed E-state index contributed by atoms with van der Waals surface area (Å²) in [5.41, 5.74) is 2.00. The number of ether oxygens (including phenoxy) is 1. The van der Waals surface area contributed by atoms with Crippen LogP contribution in [-0.2, 0) is 0 Å². The van der Waals surface area contributed by atoms with E-state index in [-0.39, 0.29) is 27.5 Å². The van der Waals surface area contributed by atoms with Crippen molar-refractivity contribution in [3.63, 3.8) is 0 Å². The Bertz CT molecular complexity index is 782. The maximum absolute atomic E-state index is 10.0. The lowest BCUT2D eigenvalue weighted by atomic mass is 9.47. The highest BCUT2D eigenvalue weighted by Crippen LogP contribution is 2.64. The van der Waals surface area contributed by atoms with E-state index in [9.17, 15) is 10.2 Å². The number of hydrogen-bond acceptors (Lipinski definition) is 3. The first kappa shape index (κ1) is 17.1. The lowest BCUT2D eigenvalue weighted by molar-refractivity contribution is -0.0516. The van der Waals surface area contributed by atoms with E-state index in [1.54, 1.807) is 0 Å². The van der Waals surface area contributed by atoms with Crippen molar-refractivity contribution in [3.05, 3.63) is 22.2 Å². The SMILES string of the molecule is CC1(C)CCC[C@]2(C)C3=Cc4c(cc(O)c(O)c4Cl)O[C@]3(C)CC[C@@H]12. The van der Waals surface area contributed by atoms with Gasteiger partial charge in [-0.05, 0) is 61.0 Å². The van der Waals surface area contributed by atoms with Crippen LogP contribution in [0, 0.1) is 16.7 Å². The van der Waals surface area contributed by atoms with E-state index >= 15 is 0 Å². The Morgan fingerprint density at radius 1 is 1.12 bits per heavy atom. The van der Waals surface area contributed by atoms with Gasteiger partial charge in [0, 0.05) is 11.6 Å². The molecule has 1 aromatic carbocycles. The Kier molecular flexibility index (Phi) is 3.48. The highest BCUT2D eigenvalue weighted by Gasteiger charge is 2.57. The van der Waals surface area contributed by atoms with Crippen LogP contribution in [0.5, 0.6) is 17.2 Å². The van der Waals surface area contributed by atoms with Crippen molar-refractivity contribution in [2.24, 2.45) is 16.7 Å². The van der Waals surface area contributed by atoms with Gasteiger partial charge < -0.3 is 14.9 Å². The van der Waals surface area contributed by atoms with Crippen LogP contribution in [0.25, 0.3) is 6.08 Å². The summed E-state index contributed by atoms with van der Waals surface area (Å²) in [5, 5.41) is 20.1. The van der Waals surface area contributed by atoms with Crippen LogP contribution in [0.15, 0.2) is 11.6 Å². The number of fused-ring (bicyclic) bond motifs is 4. The zero-order valence-electron chi connectivity index (χ0n) is 15.4. The zero-order valence-corrected chi connectivity index (χ0v) is 16.2. The Morgan fingerprint density at radius 2 is 1.84 bits per heavy atom. The second-order valence-electron chi connectivity index (χ2n) is 9.21. The fourth-order valence-electron chi connectivity index (χ4n) is 5.96. The minimum absolute atomic E-state index is 0.0727. The molecule has 136 valence electrons. The molecule has 2 N–H and O–H groups in total. The average molecular weight is 363 g/mol. The molecule has 0 aromatic heterocycles. The van der Waals surface area contributed by atoms with Crippen LogP contribution in [0.2, 0.25) is 5.02 Å². The van der Waals surface area contributed by atoms with Crippen molar-refractivity contribution >= 4 is 17.7 Å². The average Bonchev–Trinajstić information content (AvgIpc) is 2.50. The summed E-state index contributed by atoms with van der Waals surface area (Å²) in [6.45, 7) is 9.33. The molecule has 3 aliphatic rings. The Labute approximate surface area is 154 Å². The van der Waals surface area contributed by atoms with Gasteiger partial charge in [-0.1, -0.05) is 38.8 Å². The van der Waals surface area contributed by atoms with Gasteiger partial charge in [-0.3, -0.25) is 0 Å². The summed E-state index contributed by atoms with van der Waals surface area (Å²) in [6.07, 6.45) is 7.88. The van der Waals surface area contributed by atoms with E-state index in [1.807, 2.05) is 0 Å². The van der Waals surface area contributed by atoms with E-state index in [2.05, 4.69) is 33.8 Å². The monoisotopic (exact) mass is 362 g/mol. The smallest absolute Gasteiger partial charge is 0.177 e. The molecule has 0 spiro atoms. The summed E-state index contributed by atoms with van der Waals surface area (Å²) in [7, 11) is 0. The molecule has 3 atom stereocenters. The van der Waals surface area contributed by atoms with Gasteiger partial charge in [0.05, 0.1) is 5.02 Å². The van der Waals surface area contributed by atoms with Crippen LogP contribution in [0.3, 0.4) is 0 Å². The first-order valence-corrected chi connectivity index (χ1v) is 9.62. The number of phenols is 2. The van der Waals surface area contributed by atoms with Gasteiger partial charge in [0.25, 0.3) is 0 Å². The van der Waals surface area contributed by atoms with E-state index in [0.29, 0.717) is 22.6 Å². The molecule has 0 bridgehead atoms. The molecule has 25 heavy (non-hydrogen) atoms. The minimum Gasteiger partial charge on any atom is -0.504 e. The molecule has 0 saturated heterocycles. The van der Waals surface area contributed by atoms with Crippen molar-refractivity contribution in [2.45, 2.75) is 65.4 Å². The van der Waals surface area contributed by atoms with Gasteiger partial charge >= 0.3 is 0 Å². The second-order valence-corrected chi connectivity index (χ2v) is 9.59. The molecule has 2 aliphatic carbocycles. The van der Waals surface area contributed by atoms with Crippen molar-refractivity contribution in [3.8, 4) is 17.2 Å². The van der Waals surface area contributed by atoms with Gasteiger partial charge in [0.15, 0.2) is 11.5 Å². The summed E-state index contributed by atoms with van der Waals surface area (Å²) < 4.78 is 6.40. The van der Waals surface area contributed by atoms with Gasteiger partial charge in [-0.2, -0.15) is 0 Å². The van der Waals surface area contributed by atoms with Gasteiger partial charge in [-0.25, -0.2) is 0 Å². The summed E-state index contributed by atoms with van der Waals surface area (Å²) in [6, 6.07) is 1.48. The van der Waals surface area contributed by atoms with Crippen molar-refractivity contribution in [1.29, 1.82) is 0 Å². The Balaban J connectivity index is 1.92. The molecule has 4 heteroatoms. The molecule has 1 heterocycles. The number of aromatic hydroxyl groups is 2. The predicted octanol–water partition coefficient (Wildman–Crippen LogP) is 5.91. The molecule has 1 aromatic rings. The van der Waals surface area contributed by atoms with E-state index in [4.69, 9.17) is 16.3 Å². The summed E-state index contributed by atoms with van der Waals surface area (Å²) >= 11 is 6.34. The highest BCUT2D eigenvalue weighted by atomic mass is 35.5. The molecule has 0 radical (unpaired) electrons. The summed E-state index contributed by atoms with van der Waals surface area (Å²) in [4.78, 5) is 0. The fraction of sp³-hybridized carbons (Fsp3) is 0.619.